The Morgan fingerprint density at radius 3 is 2.55 bits per heavy atom. The van der Waals surface area contributed by atoms with E-state index in [0.717, 1.165) is 22.3 Å². The van der Waals surface area contributed by atoms with Crippen LogP contribution in [0.1, 0.15) is 79.6 Å². The second-order valence-corrected chi connectivity index (χ2v) is 13.2. The van der Waals surface area contributed by atoms with Crippen molar-refractivity contribution in [1.29, 1.82) is 0 Å². The maximum atomic E-state index is 12.8. The molecular weight excluding hydrogens is 652 g/mol. The average Bonchev–Trinajstić information content (AvgIpc) is 2.96. The van der Waals surface area contributed by atoms with E-state index in [9.17, 15) is 32.5 Å². The van der Waals surface area contributed by atoms with Crippen LogP contribution in [0.3, 0.4) is 0 Å². The molecule has 0 aromatic carbocycles. The molecule has 5 atom stereocenters. The van der Waals surface area contributed by atoms with E-state index in [1.807, 2.05) is 46.8 Å². The Kier molecular flexibility index (Phi) is 19.8. The van der Waals surface area contributed by atoms with Gasteiger partial charge in [0.05, 0.1) is 6.10 Å². The number of hydrogen-bond acceptors (Lipinski definition) is 9. The van der Waals surface area contributed by atoms with Crippen LogP contribution in [-0.2, 0) is 33.6 Å². The fraction of sp³-hybridized carbons (Fsp3) is 0.472. The van der Waals surface area contributed by atoms with Gasteiger partial charge in [-0.1, -0.05) is 78.3 Å². The summed E-state index contributed by atoms with van der Waals surface area (Å²) in [6.45, 7) is 13.3. The van der Waals surface area contributed by atoms with Crippen molar-refractivity contribution >= 4 is 28.4 Å². The van der Waals surface area contributed by atoms with Crippen LogP contribution < -0.4 is 11.1 Å². The number of carbonyl (C=O) groups is 3. The normalized spacial score (nSPS) is 26.3. The lowest BCUT2D eigenvalue weighted by Gasteiger charge is -2.22. The minimum Gasteiger partial charge on any atom is -0.458 e. The van der Waals surface area contributed by atoms with Crippen LogP contribution in [-0.4, -0.2) is 60.5 Å². The van der Waals surface area contributed by atoms with Crippen molar-refractivity contribution < 1.29 is 46.1 Å². The minimum atomic E-state index is -4.79. The maximum absolute atomic E-state index is 12.8. The Balaban J connectivity index is 3.20. The van der Waals surface area contributed by atoms with E-state index in [1.54, 1.807) is 30.5 Å². The lowest BCUT2D eigenvalue weighted by molar-refractivity contribution is -0.144. The van der Waals surface area contributed by atoms with Gasteiger partial charge in [0.1, 0.15) is 18.3 Å². The van der Waals surface area contributed by atoms with E-state index >= 15 is 0 Å². The molecule has 0 saturated carbocycles. The largest absolute Gasteiger partial charge is 0.458 e. The van der Waals surface area contributed by atoms with E-state index in [-0.39, 0.29) is 24.7 Å². The third-order valence-electron chi connectivity index (χ3n) is 7.10. The van der Waals surface area contributed by atoms with Gasteiger partial charge in [-0.05, 0) is 72.3 Å². The van der Waals surface area contributed by atoms with Gasteiger partial charge in [0.25, 0.3) is 0 Å². The number of esters is 1. The van der Waals surface area contributed by atoms with Crippen molar-refractivity contribution in [2.45, 2.75) is 104 Å². The molecule has 12 nitrogen and oxygen atoms in total. The zero-order valence-electron chi connectivity index (χ0n) is 29.0. The third-order valence-corrected chi connectivity index (χ3v) is 7.59. The summed E-state index contributed by atoms with van der Waals surface area (Å²) in [6, 6.07) is 0. The molecule has 1 aliphatic rings. The topological polar surface area (TPSA) is 192 Å². The minimum absolute atomic E-state index is 0.137. The summed E-state index contributed by atoms with van der Waals surface area (Å²) in [7, 11) is -4.79. The summed E-state index contributed by atoms with van der Waals surface area (Å²) in [5.74, 6) is -0.984. The Morgan fingerprint density at radius 1 is 1.18 bits per heavy atom. The van der Waals surface area contributed by atoms with E-state index in [4.69, 9.17) is 19.4 Å². The third kappa shape index (κ3) is 21.5. The molecule has 0 fully saturated rings. The van der Waals surface area contributed by atoms with E-state index in [2.05, 4.69) is 11.9 Å². The summed E-state index contributed by atoms with van der Waals surface area (Å²) in [4.78, 5) is 36.4. The zero-order chi connectivity index (χ0) is 37.0. The molecule has 0 saturated heterocycles. The molecule has 2 amide bonds. The van der Waals surface area contributed by atoms with Crippen molar-refractivity contribution in [3.63, 3.8) is 0 Å². The molecule has 4 unspecified atom stereocenters. The average molecular weight is 705 g/mol. The molecule has 1 heterocycles. The quantitative estimate of drug-likeness (QED) is 0.0689. The molecule has 272 valence electrons. The van der Waals surface area contributed by atoms with Crippen LogP contribution in [0.25, 0.3) is 0 Å². The number of amides is 2. The number of hydrogen-bond donors (Lipinski definition) is 4. The van der Waals surface area contributed by atoms with Crippen LogP contribution in [0.4, 0.5) is 4.79 Å². The van der Waals surface area contributed by atoms with Crippen LogP contribution >= 0.6 is 0 Å². The Hall–Kier alpha value is -4.04. The lowest BCUT2D eigenvalue weighted by atomic mass is 9.95. The Bertz CT molecular complexity index is 1450. The van der Waals surface area contributed by atoms with Crippen molar-refractivity contribution in [2.75, 3.05) is 0 Å². The van der Waals surface area contributed by atoms with Crippen LogP contribution in [0.15, 0.2) is 95.8 Å². The van der Waals surface area contributed by atoms with Gasteiger partial charge in [0.15, 0.2) is 0 Å². The van der Waals surface area contributed by atoms with Crippen molar-refractivity contribution in [3.05, 3.63) is 95.8 Å². The lowest BCUT2D eigenvalue weighted by Crippen LogP contribution is -2.32. The monoisotopic (exact) mass is 704 g/mol. The highest BCUT2D eigenvalue weighted by Gasteiger charge is 2.22. The first-order valence-corrected chi connectivity index (χ1v) is 17.5. The smallest absolute Gasteiger partial charge is 0.404 e. The number of aliphatic hydroxyl groups excluding tert-OH is 1. The molecular formula is C36H52N2O10S. The molecule has 0 aromatic heterocycles. The molecule has 0 aromatic rings. The number of nitrogens with one attached hydrogen (secondary N) is 1. The van der Waals surface area contributed by atoms with Crippen LogP contribution in [0.2, 0.25) is 0 Å². The van der Waals surface area contributed by atoms with Gasteiger partial charge in [-0.25, -0.2) is 13.8 Å². The predicted octanol–water partition coefficient (Wildman–Crippen LogP) is 6.00. The first kappa shape index (κ1) is 43.0. The Morgan fingerprint density at radius 2 is 1.90 bits per heavy atom. The van der Waals surface area contributed by atoms with Crippen molar-refractivity contribution in [1.82, 2.24) is 5.32 Å². The van der Waals surface area contributed by atoms with E-state index < -0.39 is 46.9 Å². The second kappa shape index (κ2) is 22.6. The van der Waals surface area contributed by atoms with Crippen molar-refractivity contribution in [2.24, 2.45) is 11.7 Å². The van der Waals surface area contributed by atoms with Gasteiger partial charge in [0.2, 0.25) is 5.91 Å². The Labute approximate surface area is 290 Å². The van der Waals surface area contributed by atoms with Gasteiger partial charge >= 0.3 is 22.5 Å². The number of nitrogens with two attached hydrogens (primary N) is 1. The van der Waals surface area contributed by atoms with E-state index in [0.29, 0.717) is 32.1 Å². The van der Waals surface area contributed by atoms with Gasteiger partial charge in [-0.3, -0.25) is 9.35 Å². The SMILES string of the molecule is C=C(C)C/C(C)=C\C(=O)N/C=C/C(C)=C/C(C)C1C/C(C)=C/C=C/CCC(OS(=O)(=O)O)/C=C/[C@@H](O)C(OC(N)=O)CCC/C=C/C(=O)O1. The molecule has 0 spiro atoms. The summed E-state index contributed by atoms with van der Waals surface area (Å²) in [6.07, 6.45) is 15.0. The molecule has 5 N–H and O–H groups in total. The second-order valence-electron chi connectivity index (χ2n) is 12.2. The fourth-order valence-corrected chi connectivity index (χ4v) is 5.36. The number of cyclic esters (lactones) is 1. The first-order valence-electron chi connectivity index (χ1n) is 16.1. The number of allylic oxidation sites excluding steroid dienone is 8. The molecule has 49 heavy (non-hydrogen) atoms. The van der Waals surface area contributed by atoms with Gasteiger partial charge in [-0.2, -0.15) is 8.42 Å². The molecule has 0 bridgehead atoms. The molecule has 0 radical (unpaired) electrons. The number of rotatable bonds is 10. The number of aliphatic hydroxyl groups is 1. The van der Waals surface area contributed by atoms with Crippen LogP contribution in [0.5, 0.6) is 0 Å². The number of carbonyl (C=O) groups excluding carboxylic acids is 3. The summed E-state index contributed by atoms with van der Waals surface area (Å²) in [5, 5.41) is 13.3. The number of primary amides is 1. The van der Waals surface area contributed by atoms with Crippen LogP contribution in [0, 0.1) is 5.92 Å². The highest BCUT2D eigenvalue weighted by molar-refractivity contribution is 7.80. The van der Waals surface area contributed by atoms with Gasteiger partial charge in [0, 0.05) is 30.7 Å². The molecule has 1 rings (SSSR count). The predicted molar refractivity (Wildman–Crippen MR) is 189 cm³/mol. The molecule has 13 heteroatoms. The summed E-state index contributed by atoms with van der Waals surface area (Å²) in [5.41, 5.74) is 8.80. The highest BCUT2D eigenvalue weighted by Crippen LogP contribution is 2.21. The summed E-state index contributed by atoms with van der Waals surface area (Å²) >= 11 is 0. The number of ether oxygens (including phenoxy) is 2. The fourth-order valence-electron chi connectivity index (χ4n) is 4.88. The zero-order valence-corrected chi connectivity index (χ0v) is 29.9. The first-order chi connectivity index (χ1) is 22.9. The maximum Gasteiger partial charge on any atom is 0.404 e. The molecule has 0 aliphatic carbocycles. The highest BCUT2D eigenvalue weighted by atomic mass is 32.3. The summed E-state index contributed by atoms with van der Waals surface area (Å²) < 4.78 is 47.6. The van der Waals surface area contributed by atoms with Gasteiger partial charge in [-0.15, -0.1) is 0 Å². The van der Waals surface area contributed by atoms with Gasteiger partial charge < -0.3 is 25.6 Å². The standard InChI is InChI=1S/C36H52N2O10S/c1-25(2)21-28(5)24-34(40)38-20-19-27(4)22-29(6)33-23-26(3)13-9-7-10-14-30(48-49(43,44)45)17-18-31(39)32(47-36(37)42)15-11-8-12-16-35(41)46-33/h7,9,12-13,16-20,22,24,29-33,39H,1,8,10-11,14-15,21,23H2,2-6H3,(H2,37,42)(H,38,40)(H,43,44,45)/b9-7+,16-12+,18-17+,20-19+,26-13+,27-22+,28-24-/t29?,30?,31-,32?,33?/m1/s1. The van der Waals surface area contributed by atoms with E-state index in [1.165, 1.54) is 24.3 Å². The molecule has 1 aliphatic heterocycles. The van der Waals surface area contributed by atoms with Crippen molar-refractivity contribution in [3.8, 4) is 0 Å².